The molecule has 0 bridgehead atoms. The molecule has 3 N–H and O–H groups in total. The number of fused-ring (bicyclic) bond motifs is 1. The van der Waals surface area contributed by atoms with Crippen molar-refractivity contribution in [3.05, 3.63) is 35.8 Å². The molecule has 1 aromatic carbocycles. The van der Waals surface area contributed by atoms with Crippen LogP contribution in [-0.2, 0) is 10.3 Å². The summed E-state index contributed by atoms with van der Waals surface area (Å²) in [7, 11) is 1.58. The lowest BCUT2D eigenvalue weighted by Gasteiger charge is -2.25. The molecular formula is C13H16FN3O. The predicted octanol–water partition coefficient (Wildman–Crippen LogP) is 2.54. The summed E-state index contributed by atoms with van der Waals surface area (Å²) in [5, 5.41) is 0.693. The Labute approximate surface area is 105 Å². The third-order valence-electron chi connectivity index (χ3n) is 3.03. The number of hydrazine groups is 1. The number of ether oxygens (including phenoxy) is 1. The molecule has 0 radical (unpaired) electrons. The fourth-order valence-corrected chi connectivity index (χ4v) is 1.83. The number of pyridine rings is 1. The van der Waals surface area contributed by atoms with Crippen molar-refractivity contribution in [3.63, 3.8) is 0 Å². The first kappa shape index (κ1) is 12.7. The van der Waals surface area contributed by atoms with Crippen molar-refractivity contribution in [1.82, 2.24) is 4.98 Å². The van der Waals surface area contributed by atoms with Gasteiger partial charge in [0.2, 0.25) is 0 Å². The summed E-state index contributed by atoms with van der Waals surface area (Å²) >= 11 is 0. The molecule has 0 saturated heterocycles. The average Bonchev–Trinajstić information content (AvgIpc) is 2.37. The Morgan fingerprint density at radius 3 is 2.72 bits per heavy atom. The highest BCUT2D eigenvalue weighted by atomic mass is 19.1. The number of anilines is 1. The van der Waals surface area contributed by atoms with Crippen molar-refractivity contribution in [3.8, 4) is 0 Å². The molecule has 0 fully saturated rings. The summed E-state index contributed by atoms with van der Waals surface area (Å²) in [5.41, 5.74) is 3.44. The molecule has 4 nitrogen and oxygen atoms in total. The van der Waals surface area contributed by atoms with Crippen molar-refractivity contribution >= 4 is 16.6 Å². The molecule has 5 heteroatoms. The molecule has 2 rings (SSSR count). The van der Waals surface area contributed by atoms with Gasteiger partial charge in [0.25, 0.3) is 0 Å². The zero-order valence-corrected chi connectivity index (χ0v) is 10.6. The zero-order valence-electron chi connectivity index (χ0n) is 10.6. The number of aromatic nitrogens is 1. The standard InChI is InChI=1S/C13H16FN3O/c1-13(2,18-3)12-10(17-15)7-8-5-4-6-9(14)11(8)16-12/h4-7,17H,15H2,1-3H3. The van der Waals surface area contributed by atoms with Crippen molar-refractivity contribution in [1.29, 1.82) is 0 Å². The number of halogens is 1. The minimum atomic E-state index is -0.655. The van der Waals surface area contributed by atoms with Gasteiger partial charge in [-0.25, -0.2) is 9.37 Å². The van der Waals surface area contributed by atoms with Crippen LogP contribution in [0.15, 0.2) is 24.3 Å². The first-order valence-corrected chi connectivity index (χ1v) is 5.61. The highest BCUT2D eigenvalue weighted by molar-refractivity contribution is 5.83. The molecule has 1 aromatic heterocycles. The summed E-state index contributed by atoms with van der Waals surface area (Å²) in [6.45, 7) is 3.70. The van der Waals surface area contributed by atoms with Crippen LogP contribution in [0.25, 0.3) is 10.9 Å². The van der Waals surface area contributed by atoms with E-state index in [4.69, 9.17) is 10.6 Å². The minimum absolute atomic E-state index is 0.316. The average molecular weight is 249 g/mol. The molecule has 0 amide bonds. The number of nitrogen functional groups attached to an aromatic ring is 1. The largest absolute Gasteiger partial charge is 0.372 e. The summed E-state index contributed by atoms with van der Waals surface area (Å²) in [6, 6.07) is 6.58. The van der Waals surface area contributed by atoms with Crippen LogP contribution in [-0.4, -0.2) is 12.1 Å². The van der Waals surface area contributed by atoms with Crippen molar-refractivity contribution < 1.29 is 9.13 Å². The number of nitrogens with one attached hydrogen (secondary N) is 1. The number of nitrogens with zero attached hydrogens (tertiary/aromatic N) is 1. The second-order valence-corrected chi connectivity index (χ2v) is 4.55. The highest BCUT2D eigenvalue weighted by Crippen LogP contribution is 2.31. The van der Waals surface area contributed by atoms with E-state index >= 15 is 0 Å². The normalized spacial score (nSPS) is 11.8. The van der Waals surface area contributed by atoms with Gasteiger partial charge < -0.3 is 10.2 Å². The topological polar surface area (TPSA) is 60.2 Å². The van der Waals surface area contributed by atoms with Gasteiger partial charge in [-0.15, -0.1) is 0 Å². The van der Waals surface area contributed by atoms with Gasteiger partial charge in [-0.2, -0.15) is 0 Å². The number of hydrogen-bond donors (Lipinski definition) is 2. The second kappa shape index (κ2) is 4.51. The fraction of sp³-hybridized carbons (Fsp3) is 0.308. The maximum atomic E-state index is 13.7. The first-order valence-electron chi connectivity index (χ1n) is 5.61. The van der Waals surface area contributed by atoms with Crippen molar-refractivity contribution in [2.75, 3.05) is 12.5 Å². The maximum absolute atomic E-state index is 13.7. The van der Waals surface area contributed by atoms with E-state index < -0.39 is 5.60 Å². The van der Waals surface area contributed by atoms with Crippen LogP contribution >= 0.6 is 0 Å². The second-order valence-electron chi connectivity index (χ2n) is 4.55. The third kappa shape index (κ3) is 2.02. The third-order valence-corrected chi connectivity index (χ3v) is 3.03. The molecule has 0 atom stereocenters. The molecule has 0 aliphatic rings. The van der Waals surface area contributed by atoms with Gasteiger partial charge in [0.05, 0.1) is 11.4 Å². The van der Waals surface area contributed by atoms with Gasteiger partial charge in [0, 0.05) is 12.5 Å². The quantitative estimate of drug-likeness (QED) is 0.648. The van der Waals surface area contributed by atoms with E-state index in [1.54, 1.807) is 25.3 Å². The Hall–Kier alpha value is -1.72. The number of benzene rings is 1. The Morgan fingerprint density at radius 2 is 2.11 bits per heavy atom. The van der Waals surface area contributed by atoms with Crippen LogP contribution in [0.3, 0.4) is 0 Å². The van der Waals surface area contributed by atoms with Crippen LogP contribution in [0, 0.1) is 5.82 Å². The summed E-state index contributed by atoms with van der Waals surface area (Å²) in [6.07, 6.45) is 0. The monoisotopic (exact) mass is 249 g/mol. The molecule has 0 aliphatic carbocycles. The van der Waals surface area contributed by atoms with Crippen LogP contribution in [0.4, 0.5) is 10.1 Å². The maximum Gasteiger partial charge on any atom is 0.149 e. The number of nitrogens with two attached hydrogens (primary N) is 1. The first-order chi connectivity index (χ1) is 8.49. The Kier molecular flexibility index (Phi) is 3.19. The fourth-order valence-electron chi connectivity index (χ4n) is 1.83. The van der Waals surface area contributed by atoms with E-state index in [2.05, 4.69) is 10.4 Å². The molecule has 1 heterocycles. The molecular weight excluding hydrogens is 233 g/mol. The van der Waals surface area contributed by atoms with Gasteiger partial charge in [-0.1, -0.05) is 12.1 Å². The zero-order chi connectivity index (χ0) is 13.3. The van der Waals surface area contributed by atoms with E-state index in [1.807, 2.05) is 13.8 Å². The highest BCUT2D eigenvalue weighted by Gasteiger charge is 2.25. The summed E-state index contributed by atoms with van der Waals surface area (Å²) < 4.78 is 19.1. The summed E-state index contributed by atoms with van der Waals surface area (Å²) in [4.78, 5) is 4.35. The molecule has 0 spiro atoms. The molecule has 2 aromatic rings. The van der Waals surface area contributed by atoms with E-state index in [0.717, 1.165) is 0 Å². The number of para-hydroxylation sites is 1. The Morgan fingerprint density at radius 1 is 1.39 bits per heavy atom. The van der Waals surface area contributed by atoms with E-state index in [9.17, 15) is 4.39 Å². The van der Waals surface area contributed by atoms with Crippen LogP contribution in [0.2, 0.25) is 0 Å². The Bertz CT molecular complexity index is 584. The van der Waals surface area contributed by atoms with Crippen LogP contribution in [0.5, 0.6) is 0 Å². The smallest absolute Gasteiger partial charge is 0.149 e. The lowest BCUT2D eigenvalue weighted by Crippen LogP contribution is -2.24. The number of hydrogen-bond acceptors (Lipinski definition) is 4. The molecule has 0 aliphatic heterocycles. The minimum Gasteiger partial charge on any atom is -0.372 e. The number of rotatable bonds is 3. The molecule has 0 unspecified atom stereocenters. The Balaban J connectivity index is 2.76. The molecule has 96 valence electrons. The van der Waals surface area contributed by atoms with E-state index in [1.165, 1.54) is 6.07 Å². The predicted molar refractivity (Wildman–Crippen MR) is 69.5 cm³/mol. The van der Waals surface area contributed by atoms with Gasteiger partial charge in [0.15, 0.2) is 0 Å². The van der Waals surface area contributed by atoms with E-state index in [-0.39, 0.29) is 5.82 Å². The van der Waals surface area contributed by atoms with Gasteiger partial charge >= 0.3 is 0 Å². The number of methoxy groups -OCH3 is 1. The van der Waals surface area contributed by atoms with E-state index in [0.29, 0.717) is 22.3 Å². The van der Waals surface area contributed by atoms with Gasteiger partial charge in [-0.3, -0.25) is 5.84 Å². The van der Waals surface area contributed by atoms with Crippen molar-refractivity contribution in [2.45, 2.75) is 19.4 Å². The van der Waals surface area contributed by atoms with Crippen LogP contribution in [0.1, 0.15) is 19.5 Å². The molecule has 0 saturated carbocycles. The van der Waals surface area contributed by atoms with Crippen LogP contribution < -0.4 is 11.3 Å². The lowest BCUT2D eigenvalue weighted by atomic mass is 10.0. The van der Waals surface area contributed by atoms with Gasteiger partial charge in [-0.05, 0) is 26.0 Å². The molecule has 18 heavy (non-hydrogen) atoms. The van der Waals surface area contributed by atoms with Crippen molar-refractivity contribution in [2.24, 2.45) is 5.84 Å². The lowest BCUT2D eigenvalue weighted by molar-refractivity contribution is 0.0164. The van der Waals surface area contributed by atoms with Gasteiger partial charge in [0.1, 0.15) is 16.9 Å². The summed E-state index contributed by atoms with van der Waals surface area (Å²) in [5.74, 6) is 5.13. The SMILES string of the molecule is COC(C)(C)c1nc2c(F)cccc2cc1NN.